The molecule has 1 heterocycles. The van der Waals surface area contributed by atoms with Crippen LogP contribution in [0.2, 0.25) is 0 Å². The Labute approximate surface area is 97.4 Å². The van der Waals surface area contributed by atoms with Crippen LogP contribution in [0.1, 0.15) is 11.1 Å². The maximum absolute atomic E-state index is 11.2. The average Bonchev–Trinajstić information content (AvgIpc) is 2.23. The number of nitrogens with one attached hydrogen (secondary N) is 1. The zero-order chi connectivity index (χ0) is 12.6. The minimum absolute atomic E-state index is 0.219. The number of aromatic hydroxyl groups is 2. The highest BCUT2D eigenvalue weighted by Gasteiger charge is 2.08. The number of rotatable bonds is 1. The van der Waals surface area contributed by atoms with Gasteiger partial charge in [0.15, 0.2) is 0 Å². The van der Waals surface area contributed by atoms with Gasteiger partial charge in [-0.3, -0.25) is 4.79 Å². The molecule has 0 aliphatic heterocycles. The first-order valence-corrected chi connectivity index (χ1v) is 5.08. The molecule has 0 spiro atoms. The van der Waals surface area contributed by atoms with Gasteiger partial charge >= 0.3 is 0 Å². The van der Waals surface area contributed by atoms with Crippen molar-refractivity contribution in [2.75, 3.05) is 0 Å². The van der Waals surface area contributed by atoms with Crippen LogP contribution < -0.4 is 5.56 Å². The summed E-state index contributed by atoms with van der Waals surface area (Å²) in [5.74, 6) is 0.171. The maximum atomic E-state index is 11.2. The molecule has 3 N–H and O–H groups in total. The monoisotopic (exact) mass is 232 g/mol. The van der Waals surface area contributed by atoms with Crippen molar-refractivity contribution in [3.63, 3.8) is 0 Å². The number of hydrogen-bond donors (Lipinski definition) is 3. The zero-order valence-electron chi connectivity index (χ0n) is 9.48. The summed E-state index contributed by atoms with van der Waals surface area (Å²) < 4.78 is 0. The third kappa shape index (κ3) is 2.13. The molecule has 0 atom stereocenters. The first-order chi connectivity index (χ1) is 7.97. The summed E-state index contributed by atoms with van der Waals surface area (Å²) in [6.45, 7) is 3.51. The Morgan fingerprint density at radius 1 is 1.12 bits per heavy atom. The normalized spacial score (nSPS) is 10.5. The average molecular weight is 232 g/mol. The van der Waals surface area contributed by atoms with E-state index < -0.39 is 5.56 Å². The van der Waals surface area contributed by atoms with Crippen molar-refractivity contribution >= 4 is 0 Å². The highest BCUT2D eigenvalue weighted by atomic mass is 16.3. The molecule has 0 fully saturated rings. The summed E-state index contributed by atoms with van der Waals surface area (Å²) in [4.78, 5) is 17.6. The minimum atomic E-state index is -0.420. The third-order valence-electron chi connectivity index (χ3n) is 2.49. The topological polar surface area (TPSA) is 86.2 Å². The van der Waals surface area contributed by atoms with Gasteiger partial charge in [-0.1, -0.05) is 0 Å². The van der Waals surface area contributed by atoms with E-state index in [2.05, 4.69) is 9.97 Å². The van der Waals surface area contributed by atoms with Gasteiger partial charge in [0.1, 0.15) is 11.6 Å². The Balaban J connectivity index is 2.64. The summed E-state index contributed by atoms with van der Waals surface area (Å²) >= 11 is 0. The largest absolute Gasteiger partial charge is 0.507 e. The van der Waals surface area contributed by atoms with Crippen molar-refractivity contribution in [2.45, 2.75) is 13.8 Å². The maximum Gasteiger partial charge on any atom is 0.254 e. The highest BCUT2D eigenvalue weighted by Crippen LogP contribution is 2.27. The molecule has 2 rings (SSSR count). The van der Waals surface area contributed by atoms with Gasteiger partial charge < -0.3 is 15.2 Å². The van der Waals surface area contributed by atoms with E-state index in [0.717, 1.165) is 6.07 Å². The lowest BCUT2D eigenvalue weighted by Crippen LogP contribution is -2.06. The van der Waals surface area contributed by atoms with Crippen LogP contribution in [0.3, 0.4) is 0 Å². The van der Waals surface area contributed by atoms with Gasteiger partial charge in [0.25, 0.3) is 5.56 Å². The lowest BCUT2D eigenvalue weighted by atomic mass is 10.1. The first kappa shape index (κ1) is 11.2. The Hall–Kier alpha value is -2.30. The van der Waals surface area contributed by atoms with Crippen LogP contribution in [-0.4, -0.2) is 20.2 Å². The molecule has 17 heavy (non-hydrogen) atoms. The number of phenols is 1. The number of aryl methyl sites for hydroxylation is 2. The number of aromatic nitrogens is 2. The molecule has 5 nitrogen and oxygen atoms in total. The van der Waals surface area contributed by atoms with Gasteiger partial charge in [-0.05, 0) is 37.1 Å². The molecule has 0 radical (unpaired) electrons. The number of nitrogens with zero attached hydrogens (tertiary/aromatic N) is 1. The highest BCUT2D eigenvalue weighted by molar-refractivity contribution is 5.61. The molecule has 2 aromatic rings. The SMILES string of the molecule is Cc1cc(-c2nc(O)cc(=O)[nH]2)cc(C)c1O. The molecule has 0 amide bonds. The summed E-state index contributed by atoms with van der Waals surface area (Å²) in [5, 5.41) is 18.9. The molecular formula is C12H12N2O3. The smallest absolute Gasteiger partial charge is 0.254 e. The van der Waals surface area contributed by atoms with E-state index in [1.54, 1.807) is 26.0 Å². The van der Waals surface area contributed by atoms with E-state index in [9.17, 15) is 15.0 Å². The van der Waals surface area contributed by atoms with Gasteiger partial charge in [0, 0.05) is 5.56 Å². The van der Waals surface area contributed by atoms with Gasteiger partial charge in [-0.2, -0.15) is 4.98 Å². The van der Waals surface area contributed by atoms with Crippen LogP contribution in [0.4, 0.5) is 0 Å². The van der Waals surface area contributed by atoms with E-state index in [1.165, 1.54) is 0 Å². The molecule has 0 bridgehead atoms. The number of H-pyrrole nitrogens is 1. The van der Waals surface area contributed by atoms with Crippen molar-refractivity contribution in [3.05, 3.63) is 39.7 Å². The number of hydrogen-bond acceptors (Lipinski definition) is 4. The fourth-order valence-corrected chi connectivity index (χ4v) is 1.67. The Bertz CT molecular complexity index is 609. The van der Waals surface area contributed by atoms with E-state index >= 15 is 0 Å². The van der Waals surface area contributed by atoms with Gasteiger partial charge in [-0.25, -0.2) is 0 Å². The molecule has 88 valence electrons. The predicted octanol–water partition coefficient (Wildman–Crippen LogP) is 1.46. The second kappa shape index (κ2) is 3.93. The summed E-state index contributed by atoms with van der Waals surface area (Å²) in [6, 6.07) is 4.39. The van der Waals surface area contributed by atoms with Crippen molar-refractivity contribution < 1.29 is 10.2 Å². The first-order valence-electron chi connectivity index (χ1n) is 5.08. The Kier molecular flexibility index (Phi) is 2.59. The van der Waals surface area contributed by atoms with Crippen molar-refractivity contribution in [2.24, 2.45) is 0 Å². The number of benzene rings is 1. The molecule has 1 aromatic carbocycles. The number of aromatic amines is 1. The molecule has 0 aliphatic rings. The predicted molar refractivity (Wildman–Crippen MR) is 63.1 cm³/mol. The van der Waals surface area contributed by atoms with Crippen LogP contribution >= 0.6 is 0 Å². The van der Waals surface area contributed by atoms with E-state index in [0.29, 0.717) is 16.7 Å². The van der Waals surface area contributed by atoms with E-state index in [1.807, 2.05) is 0 Å². The molecule has 0 unspecified atom stereocenters. The van der Waals surface area contributed by atoms with Crippen LogP contribution in [0, 0.1) is 13.8 Å². The van der Waals surface area contributed by atoms with Gasteiger partial charge in [0.05, 0.1) is 6.07 Å². The second-order valence-corrected chi connectivity index (χ2v) is 3.91. The molecule has 0 aliphatic carbocycles. The molecular weight excluding hydrogens is 220 g/mol. The minimum Gasteiger partial charge on any atom is -0.507 e. The summed E-state index contributed by atoms with van der Waals surface area (Å²) in [5.41, 5.74) is 1.60. The fraction of sp³-hybridized carbons (Fsp3) is 0.167. The molecule has 0 saturated carbocycles. The van der Waals surface area contributed by atoms with Crippen molar-refractivity contribution in [1.29, 1.82) is 0 Å². The second-order valence-electron chi connectivity index (χ2n) is 3.91. The fourth-order valence-electron chi connectivity index (χ4n) is 1.67. The lowest BCUT2D eigenvalue weighted by molar-refractivity contribution is 0.452. The van der Waals surface area contributed by atoms with Gasteiger partial charge in [0.2, 0.25) is 5.88 Å². The molecule has 1 aromatic heterocycles. The van der Waals surface area contributed by atoms with E-state index in [4.69, 9.17) is 0 Å². The lowest BCUT2D eigenvalue weighted by Gasteiger charge is -2.07. The quantitative estimate of drug-likeness (QED) is 0.694. The van der Waals surface area contributed by atoms with E-state index in [-0.39, 0.29) is 17.5 Å². The Morgan fingerprint density at radius 2 is 1.71 bits per heavy atom. The molecule has 5 heteroatoms. The molecule has 0 saturated heterocycles. The van der Waals surface area contributed by atoms with Crippen LogP contribution in [0.5, 0.6) is 11.6 Å². The third-order valence-corrected chi connectivity index (χ3v) is 2.49. The zero-order valence-corrected chi connectivity index (χ0v) is 9.48. The standard InChI is InChI=1S/C12H12N2O3/c1-6-3-8(4-7(2)11(6)17)12-13-9(15)5-10(16)14-12/h3-5,17H,1-2H3,(H2,13,14,15,16). The number of phenolic OH excluding ortho intramolecular Hbond substituents is 1. The van der Waals surface area contributed by atoms with Crippen LogP contribution in [-0.2, 0) is 0 Å². The van der Waals surface area contributed by atoms with Crippen molar-refractivity contribution in [3.8, 4) is 23.0 Å². The Morgan fingerprint density at radius 3 is 2.24 bits per heavy atom. The van der Waals surface area contributed by atoms with Crippen LogP contribution in [0.15, 0.2) is 23.0 Å². The van der Waals surface area contributed by atoms with Crippen LogP contribution in [0.25, 0.3) is 11.4 Å². The summed E-state index contributed by atoms with van der Waals surface area (Å²) in [6.07, 6.45) is 0. The summed E-state index contributed by atoms with van der Waals surface area (Å²) in [7, 11) is 0. The van der Waals surface area contributed by atoms with Crippen molar-refractivity contribution in [1.82, 2.24) is 9.97 Å². The van der Waals surface area contributed by atoms with Gasteiger partial charge in [-0.15, -0.1) is 0 Å².